The van der Waals surface area contributed by atoms with Crippen molar-refractivity contribution < 1.29 is 9.53 Å². The minimum atomic E-state index is -0.0594. The smallest absolute Gasteiger partial charge is 0.307 e. The van der Waals surface area contributed by atoms with Crippen LogP contribution in [0.3, 0.4) is 0 Å². The van der Waals surface area contributed by atoms with Crippen LogP contribution >= 0.6 is 0 Å². The van der Waals surface area contributed by atoms with Crippen molar-refractivity contribution in [2.75, 3.05) is 20.7 Å². The fourth-order valence-electron chi connectivity index (χ4n) is 1.85. The van der Waals surface area contributed by atoms with E-state index in [2.05, 4.69) is 4.90 Å². The largest absolute Gasteiger partial charge is 0.466 e. The molecule has 1 aliphatic rings. The van der Waals surface area contributed by atoms with Gasteiger partial charge in [0.15, 0.2) is 0 Å². The molecule has 0 radical (unpaired) electrons. The van der Waals surface area contributed by atoms with Crippen LogP contribution < -0.4 is 0 Å². The van der Waals surface area contributed by atoms with E-state index in [1.54, 1.807) is 0 Å². The molecule has 0 saturated heterocycles. The zero-order valence-electron chi connectivity index (χ0n) is 8.80. The average Bonchev–Trinajstić information content (AvgIpc) is 1.96. The predicted molar refractivity (Wildman–Crippen MR) is 51.5 cm³/mol. The van der Waals surface area contributed by atoms with Crippen molar-refractivity contribution in [1.82, 2.24) is 4.90 Å². The van der Waals surface area contributed by atoms with E-state index in [9.17, 15) is 4.79 Å². The minimum Gasteiger partial charge on any atom is -0.466 e. The molecule has 1 rings (SSSR count). The van der Waals surface area contributed by atoms with Crippen LogP contribution in [0.2, 0.25) is 0 Å². The molecule has 3 nitrogen and oxygen atoms in total. The van der Waals surface area contributed by atoms with Gasteiger partial charge in [0.2, 0.25) is 0 Å². The summed E-state index contributed by atoms with van der Waals surface area (Å²) in [6.07, 6.45) is 4.03. The number of hydrogen-bond donors (Lipinski definition) is 0. The molecule has 0 spiro atoms. The van der Waals surface area contributed by atoms with Gasteiger partial charge in [0, 0.05) is 5.54 Å². The molecular weight excluding hydrogens is 166 g/mol. The first-order valence-corrected chi connectivity index (χ1v) is 4.94. The minimum absolute atomic E-state index is 0.0594. The van der Waals surface area contributed by atoms with Crippen LogP contribution in [-0.4, -0.2) is 37.1 Å². The van der Waals surface area contributed by atoms with Gasteiger partial charge in [-0.2, -0.15) is 0 Å². The Morgan fingerprint density at radius 2 is 2.08 bits per heavy atom. The summed E-state index contributed by atoms with van der Waals surface area (Å²) in [4.78, 5) is 13.5. The highest BCUT2D eigenvalue weighted by molar-refractivity contribution is 5.71. The molecule has 1 saturated carbocycles. The summed E-state index contributed by atoms with van der Waals surface area (Å²) in [5.74, 6) is -0.0594. The zero-order chi connectivity index (χ0) is 9.90. The van der Waals surface area contributed by atoms with Gasteiger partial charge in [-0.15, -0.1) is 0 Å². The fraction of sp³-hybridized carbons (Fsp3) is 0.900. The fourth-order valence-corrected chi connectivity index (χ4v) is 1.85. The summed E-state index contributed by atoms with van der Waals surface area (Å²) < 4.78 is 4.96. The lowest BCUT2D eigenvalue weighted by Crippen LogP contribution is -2.51. The first-order valence-electron chi connectivity index (χ1n) is 4.94. The average molecular weight is 185 g/mol. The van der Waals surface area contributed by atoms with Gasteiger partial charge in [0.05, 0.1) is 13.0 Å². The van der Waals surface area contributed by atoms with Gasteiger partial charge < -0.3 is 9.64 Å². The predicted octanol–water partition coefficient (Wildman–Crippen LogP) is 1.42. The SMILES string of the molecule is CCOC(=O)CC1(N(C)C)CCC1. The van der Waals surface area contributed by atoms with Gasteiger partial charge in [-0.05, 0) is 40.3 Å². The van der Waals surface area contributed by atoms with Crippen LogP contribution in [0.1, 0.15) is 32.6 Å². The Bertz CT molecular complexity index is 185. The van der Waals surface area contributed by atoms with Crippen LogP contribution in [0.4, 0.5) is 0 Å². The molecule has 0 unspecified atom stereocenters. The van der Waals surface area contributed by atoms with Crippen molar-refractivity contribution in [1.29, 1.82) is 0 Å². The molecule has 1 fully saturated rings. The number of carbonyl (C=O) groups excluding carboxylic acids is 1. The summed E-state index contributed by atoms with van der Waals surface area (Å²) >= 11 is 0. The molecule has 0 atom stereocenters. The Kier molecular flexibility index (Phi) is 3.31. The van der Waals surface area contributed by atoms with Gasteiger partial charge >= 0.3 is 5.97 Å². The van der Waals surface area contributed by atoms with E-state index in [0.717, 1.165) is 12.8 Å². The summed E-state index contributed by atoms with van der Waals surface area (Å²) in [5.41, 5.74) is 0.103. The molecule has 0 aromatic carbocycles. The number of rotatable bonds is 4. The zero-order valence-corrected chi connectivity index (χ0v) is 8.80. The first-order chi connectivity index (χ1) is 6.10. The molecule has 0 N–H and O–H groups in total. The Hall–Kier alpha value is -0.570. The third-order valence-corrected chi connectivity index (χ3v) is 3.01. The summed E-state index contributed by atoms with van der Waals surface area (Å²) in [7, 11) is 4.08. The summed E-state index contributed by atoms with van der Waals surface area (Å²) in [5, 5.41) is 0. The van der Waals surface area contributed by atoms with Crippen LogP contribution in [0.15, 0.2) is 0 Å². The number of carbonyl (C=O) groups is 1. The normalized spacial score (nSPS) is 19.7. The van der Waals surface area contributed by atoms with Crippen molar-refractivity contribution in [2.24, 2.45) is 0 Å². The lowest BCUT2D eigenvalue weighted by Gasteiger charge is -2.46. The molecular formula is C10H19NO2. The van der Waals surface area contributed by atoms with Crippen LogP contribution in [0.5, 0.6) is 0 Å². The highest BCUT2D eigenvalue weighted by Gasteiger charge is 2.41. The number of esters is 1. The van der Waals surface area contributed by atoms with Crippen molar-refractivity contribution in [3.8, 4) is 0 Å². The van der Waals surface area contributed by atoms with Gasteiger partial charge in [-0.1, -0.05) is 0 Å². The second-order valence-electron chi connectivity index (χ2n) is 3.95. The maximum atomic E-state index is 11.3. The third kappa shape index (κ3) is 2.21. The second-order valence-corrected chi connectivity index (χ2v) is 3.95. The molecule has 1 aliphatic carbocycles. The standard InChI is InChI=1S/C10H19NO2/c1-4-13-9(12)8-10(11(2)3)6-5-7-10/h4-8H2,1-3H3. The molecule has 13 heavy (non-hydrogen) atoms. The Labute approximate surface area is 80.1 Å². The highest BCUT2D eigenvalue weighted by atomic mass is 16.5. The lowest BCUT2D eigenvalue weighted by molar-refractivity contribution is -0.148. The number of nitrogens with zero attached hydrogens (tertiary/aromatic N) is 1. The van der Waals surface area contributed by atoms with Crippen LogP contribution in [-0.2, 0) is 9.53 Å². The molecule has 76 valence electrons. The summed E-state index contributed by atoms with van der Waals surface area (Å²) in [6.45, 7) is 2.34. The third-order valence-electron chi connectivity index (χ3n) is 3.01. The Balaban J connectivity index is 2.44. The van der Waals surface area contributed by atoms with Gasteiger partial charge in [0.1, 0.15) is 0 Å². The van der Waals surface area contributed by atoms with E-state index in [0.29, 0.717) is 13.0 Å². The van der Waals surface area contributed by atoms with E-state index in [1.807, 2.05) is 21.0 Å². The van der Waals surface area contributed by atoms with E-state index >= 15 is 0 Å². The van der Waals surface area contributed by atoms with E-state index in [4.69, 9.17) is 4.74 Å². The lowest BCUT2D eigenvalue weighted by atomic mass is 9.73. The van der Waals surface area contributed by atoms with Crippen LogP contribution in [0, 0.1) is 0 Å². The first kappa shape index (κ1) is 10.5. The molecule has 0 amide bonds. The highest BCUT2D eigenvalue weighted by Crippen LogP contribution is 2.39. The van der Waals surface area contributed by atoms with E-state index < -0.39 is 0 Å². The van der Waals surface area contributed by atoms with Crippen LogP contribution in [0.25, 0.3) is 0 Å². The van der Waals surface area contributed by atoms with Gasteiger partial charge in [0.25, 0.3) is 0 Å². The molecule has 0 aliphatic heterocycles. The van der Waals surface area contributed by atoms with Gasteiger partial charge in [-0.3, -0.25) is 4.79 Å². The topological polar surface area (TPSA) is 29.5 Å². The molecule has 3 heteroatoms. The van der Waals surface area contributed by atoms with Crippen molar-refractivity contribution in [3.63, 3.8) is 0 Å². The van der Waals surface area contributed by atoms with Crippen molar-refractivity contribution in [3.05, 3.63) is 0 Å². The van der Waals surface area contributed by atoms with E-state index in [1.165, 1.54) is 6.42 Å². The Morgan fingerprint density at radius 1 is 1.46 bits per heavy atom. The van der Waals surface area contributed by atoms with Crippen molar-refractivity contribution >= 4 is 5.97 Å². The maximum absolute atomic E-state index is 11.3. The molecule has 0 heterocycles. The number of hydrogen-bond acceptors (Lipinski definition) is 3. The van der Waals surface area contributed by atoms with Gasteiger partial charge in [-0.25, -0.2) is 0 Å². The molecule has 0 aromatic heterocycles. The maximum Gasteiger partial charge on any atom is 0.307 e. The number of ether oxygens (including phenoxy) is 1. The van der Waals surface area contributed by atoms with Crippen molar-refractivity contribution in [2.45, 2.75) is 38.1 Å². The summed E-state index contributed by atoms with van der Waals surface area (Å²) in [6, 6.07) is 0. The molecule has 0 aromatic rings. The van der Waals surface area contributed by atoms with E-state index in [-0.39, 0.29) is 11.5 Å². The quantitative estimate of drug-likeness (QED) is 0.620. The molecule has 0 bridgehead atoms. The monoisotopic (exact) mass is 185 g/mol. The second kappa shape index (κ2) is 4.09. The Morgan fingerprint density at radius 3 is 2.38 bits per heavy atom.